The Hall–Kier alpha value is -7.18. The normalized spacial score (nSPS) is 11.8. The van der Waals surface area contributed by atoms with Crippen LogP contribution in [0.15, 0.2) is 167 Å². The van der Waals surface area contributed by atoms with E-state index < -0.39 is 0 Å². The molecule has 0 saturated carbocycles. The fourth-order valence-electron chi connectivity index (χ4n) is 7.63. The molecule has 6 heteroatoms. The highest BCUT2D eigenvalue weighted by Crippen LogP contribution is 2.42. The predicted octanol–water partition coefficient (Wildman–Crippen LogP) is 12.0. The maximum Gasteiger partial charge on any atom is 0.227 e. The second-order valence-corrected chi connectivity index (χ2v) is 13.0. The molecular weight excluding hydrogens is 641 g/mol. The molecular formula is C46H26N4O2. The summed E-state index contributed by atoms with van der Waals surface area (Å²) in [6.45, 7) is 0. The maximum atomic E-state index is 6.34. The molecule has 0 spiro atoms. The van der Waals surface area contributed by atoms with Crippen molar-refractivity contribution in [2.75, 3.05) is 0 Å². The Kier molecular flexibility index (Phi) is 6.15. The van der Waals surface area contributed by atoms with Gasteiger partial charge in [0.25, 0.3) is 0 Å². The lowest BCUT2D eigenvalue weighted by Gasteiger charge is -2.14. The fourth-order valence-corrected chi connectivity index (χ4v) is 7.63. The highest BCUT2D eigenvalue weighted by Gasteiger charge is 2.21. The molecule has 0 unspecified atom stereocenters. The summed E-state index contributed by atoms with van der Waals surface area (Å²) >= 11 is 0. The van der Waals surface area contributed by atoms with Crippen molar-refractivity contribution in [1.29, 1.82) is 0 Å². The van der Waals surface area contributed by atoms with Crippen LogP contribution in [-0.4, -0.2) is 19.9 Å². The number of benzene rings is 7. The molecule has 0 aliphatic carbocycles. The minimum Gasteiger partial charge on any atom is -0.456 e. The van der Waals surface area contributed by atoms with E-state index in [1.807, 2.05) is 72.9 Å². The second kappa shape index (κ2) is 11.2. The summed E-state index contributed by atoms with van der Waals surface area (Å²) < 4.78 is 12.6. The molecule has 4 heterocycles. The third-order valence-electron chi connectivity index (χ3n) is 10.0. The molecule has 0 amide bonds. The molecule has 4 aromatic heterocycles. The van der Waals surface area contributed by atoms with E-state index in [0.717, 1.165) is 87.7 Å². The minimum absolute atomic E-state index is 0.585. The van der Waals surface area contributed by atoms with Gasteiger partial charge in [-0.1, -0.05) is 115 Å². The third-order valence-corrected chi connectivity index (χ3v) is 10.0. The van der Waals surface area contributed by atoms with E-state index in [-0.39, 0.29) is 0 Å². The molecule has 0 fully saturated rings. The third kappa shape index (κ3) is 4.38. The van der Waals surface area contributed by atoms with Gasteiger partial charge in [0.05, 0.1) is 5.39 Å². The number of nitrogens with zero attached hydrogens (tertiary/aromatic N) is 4. The zero-order chi connectivity index (χ0) is 34.2. The van der Waals surface area contributed by atoms with Gasteiger partial charge in [-0.25, -0.2) is 19.9 Å². The quantitative estimate of drug-likeness (QED) is 0.186. The fraction of sp³-hybridized carbons (Fsp3) is 0. The molecule has 0 atom stereocenters. The van der Waals surface area contributed by atoms with Crippen molar-refractivity contribution in [3.8, 4) is 45.3 Å². The van der Waals surface area contributed by atoms with Crippen molar-refractivity contribution in [1.82, 2.24) is 19.9 Å². The number of para-hydroxylation sites is 1. The summed E-state index contributed by atoms with van der Waals surface area (Å²) in [7, 11) is 0. The van der Waals surface area contributed by atoms with E-state index >= 15 is 0 Å². The van der Waals surface area contributed by atoms with Crippen LogP contribution < -0.4 is 0 Å². The first kappa shape index (κ1) is 28.6. The first-order valence-corrected chi connectivity index (χ1v) is 17.2. The van der Waals surface area contributed by atoms with E-state index in [9.17, 15) is 0 Å². The van der Waals surface area contributed by atoms with Gasteiger partial charge in [-0.2, -0.15) is 0 Å². The van der Waals surface area contributed by atoms with Gasteiger partial charge in [-0.3, -0.25) is 0 Å². The van der Waals surface area contributed by atoms with Crippen molar-refractivity contribution in [3.05, 3.63) is 158 Å². The Balaban J connectivity index is 1.15. The Morgan fingerprint density at radius 1 is 0.365 bits per heavy atom. The second-order valence-electron chi connectivity index (χ2n) is 13.0. The summed E-state index contributed by atoms with van der Waals surface area (Å²) in [5.41, 5.74) is 7.91. The van der Waals surface area contributed by atoms with Gasteiger partial charge in [0.1, 0.15) is 16.7 Å². The first-order valence-electron chi connectivity index (χ1n) is 17.2. The number of pyridine rings is 1. The van der Waals surface area contributed by atoms with Gasteiger partial charge in [0, 0.05) is 39.0 Å². The Labute approximate surface area is 296 Å². The van der Waals surface area contributed by atoms with Crippen LogP contribution in [0.2, 0.25) is 0 Å². The van der Waals surface area contributed by atoms with Gasteiger partial charge in [-0.15, -0.1) is 0 Å². The topological polar surface area (TPSA) is 77.8 Å². The lowest BCUT2D eigenvalue weighted by molar-refractivity contribution is 0.654. The van der Waals surface area contributed by atoms with Crippen LogP contribution in [0.3, 0.4) is 0 Å². The molecule has 0 radical (unpaired) electrons. The van der Waals surface area contributed by atoms with E-state index in [2.05, 4.69) is 89.9 Å². The van der Waals surface area contributed by atoms with Crippen LogP contribution in [0, 0.1) is 0 Å². The molecule has 11 aromatic rings. The van der Waals surface area contributed by atoms with Crippen LogP contribution >= 0.6 is 0 Å². The summed E-state index contributed by atoms with van der Waals surface area (Å²) in [4.78, 5) is 20.1. The predicted molar refractivity (Wildman–Crippen MR) is 209 cm³/mol. The summed E-state index contributed by atoms with van der Waals surface area (Å²) in [5, 5.41) is 8.45. The molecule has 6 nitrogen and oxygen atoms in total. The van der Waals surface area contributed by atoms with Crippen molar-refractivity contribution in [2.45, 2.75) is 0 Å². The van der Waals surface area contributed by atoms with Crippen LogP contribution in [0.25, 0.3) is 111 Å². The van der Waals surface area contributed by atoms with Gasteiger partial charge >= 0.3 is 0 Å². The molecule has 0 N–H and O–H groups in total. The van der Waals surface area contributed by atoms with E-state index in [0.29, 0.717) is 23.2 Å². The van der Waals surface area contributed by atoms with Gasteiger partial charge in [0.2, 0.25) is 5.71 Å². The highest BCUT2D eigenvalue weighted by atomic mass is 16.3. The molecule has 0 aliphatic heterocycles. The highest BCUT2D eigenvalue weighted by molar-refractivity contribution is 6.18. The van der Waals surface area contributed by atoms with E-state index in [4.69, 9.17) is 23.8 Å². The zero-order valence-corrected chi connectivity index (χ0v) is 27.6. The van der Waals surface area contributed by atoms with E-state index in [1.165, 1.54) is 0 Å². The standard InChI is InChI=1S/C46H26N4O2/c1-2-11-27(12-3-1)43-48-44(50-45(49-43)36-18-10-20-39-41(36)35-17-8-9-19-38(35)51-39)34-22-21-32(30-15-6-7-16-31(30)34)33-23-24-47-46-42(33)37-25-28-13-4-5-14-29(28)26-40(37)52-46/h1-26H. The van der Waals surface area contributed by atoms with Crippen LogP contribution in [0.1, 0.15) is 0 Å². The van der Waals surface area contributed by atoms with Crippen molar-refractivity contribution < 1.29 is 8.83 Å². The Morgan fingerprint density at radius 3 is 1.87 bits per heavy atom. The lowest BCUT2D eigenvalue weighted by Crippen LogP contribution is -2.01. The molecule has 0 saturated heterocycles. The average molecular weight is 667 g/mol. The van der Waals surface area contributed by atoms with Crippen LogP contribution in [0.5, 0.6) is 0 Å². The summed E-state index contributed by atoms with van der Waals surface area (Å²) in [6.07, 6.45) is 1.83. The number of fused-ring (bicyclic) bond motifs is 8. The lowest BCUT2D eigenvalue weighted by atomic mass is 9.93. The molecule has 7 aromatic carbocycles. The van der Waals surface area contributed by atoms with E-state index in [1.54, 1.807) is 0 Å². The maximum absolute atomic E-state index is 6.34. The van der Waals surface area contributed by atoms with Crippen molar-refractivity contribution in [2.24, 2.45) is 0 Å². The monoisotopic (exact) mass is 666 g/mol. The van der Waals surface area contributed by atoms with Gasteiger partial charge < -0.3 is 8.83 Å². The first-order chi connectivity index (χ1) is 25.8. The molecule has 0 bridgehead atoms. The number of furan rings is 2. The smallest absolute Gasteiger partial charge is 0.227 e. The number of hydrogen-bond donors (Lipinski definition) is 0. The largest absolute Gasteiger partial charge is 0.456 e. The average Bonchev–Trinajstić information content (AvgIpc) is 3.78. The molecule has 11 rings (SSSR count). The van der Waals surface area contributed by atoms with Gasteiger partial charge in [0.15, 0.2) is 17.5 Å². The number of rotatable bonds is 4. The summed E-state index contributed by atoms with van der Waals surface area (Å²) in [6, 6.07) is 51.7. The SMILES string of the molecule is c1ccc(-c2nc(-c3ccc(-c4ccnc5oc6cc7ccccc7cc6c45)c4ccccc34)nc(-c3cccc4oc5ccccc5c34)n2)cc1. The zero-order valence-electron chi connectivity index (χ0n) is 27.6. The number of aromatic nitrogens is 4. The number of hydrogen-bond acceptors (Lipinski definition) is 6. The molecule has 52 heavy (non-hydrogen) atoms. The van der Waals surface area contributed by atoms with Crippen molar-refractivity contribution >= 4 is 65.6 Å². The van der Waals surface area contributed by atoms with Crippen molar-refractivity contribution in [3.63, 3.8) is 0 Å². The van der Waals surface area contributed by atoms with Crippen LogP contribution in [0.4, 0.5) is 0 Å². The Bertz CT molecular complexity index is 3200. The van der Waals surface area contributed by atoms with Gasteiger partial charge in [-0.05, 0) is 69.1 Å². The van der Waals surface area contributed by atoms with Crippen LogP contribution in [-0.2, 0) is 0 Å². The summed E-state index contributed by atoms with van der Waals surface area (Å²) in [5.74, 6) is 1.78. The molecule has 0 aliphatic rings. The minimum atomic E-state index is 0.585. The Morgan fingerprint density at radius 2 is 1.02 bits per heavy atom. The molecule has 242 valence electrons.